The molecule has 0 saturated heterocycles. The van der Waals surface area contributed by atoms with Crippen molar-refractivity contribution >= 4 is 0 Å². The zero-order valence-corrected chi connectivity index (χ0v) is 11.7. The minimum Gasteiger partial charge on any atom is -0.439 e. The third-order valence-corrected chi connectivity index (χ3v) is 3.08. The molecule has 19 heavy (non-hydrogen) atoms. The Morgan fingerprint density at radius 2 is 2.00 bits per heavy atom. The van der Waals surface area contributed by atoms with Crippen LogP contribution in [-0.2, 0) is 6.54 Å². The molecule has 1 aromatic heterocycles. The highest BCUT2D eigenvalue weighted by atomic mass is 16.5. The number of nitrogens with zero attached hydrogens (tertiary/aromatic N) is 1. The lowest BCUT2D eigenvalue weighted by Crippen LogP contribution is -2.00. The highest BCUT2D eigenvalue weighted by Crippen LogP contribution is 2.27. The number of benzene rings is 1. The predicted octanol–water partition coefficient (Wildman–Crippen LogP) is 3.76. The molecule has 0 radical (unpaired) electrons. The molecular weight excluding hydrogens is 236 g/mol. The van der Waals surface area contributed by atoms with Crippen LogP contribution in [0.15, 0.2) is 36.4 Å². The second kappa shape index (κ2) is 5.85. The Morgan fingerprint density at radius 1 is 1.21 bits per heavy atom. The number of hydrogen-bond acceptors (Lipinski definition) is 3. The number of pyridine rings is 1. The lowest BCUT2D eigenvalue weighted by molar-refractivity contribution is 0.456. The Kier molecular flexibility index (Phi) is 4.17. The molecule has 0 saturated carbocycles. The Balaban J connectivity index is 2.29. The van der Waals surface area contributed by atoms with Gasteiger partial charge in [-0.05, 0) is 36.1 Å². The molecule has 0 aliphatic rings. The summed E-state index contributed by atoms with van der Waals surface area (Å²) in [5.41, 5.74) is 8.78. The van der Waals surface area contributed by atoms with Crippen LogP contribution >= 0.6 is 0 Å². The number of aryl methyl sites for hydroxylation is 1. The number of ether oxygens (including phenoxy) is 1. The largest absolute Gasteiger partial charge is 0.439 e. The standard InChI is InChI=1S/C16H20N2O/c1-11(2)13-8-7-12(3)15(9-13)19-16-6-4-5-14(10-17)18-16/h4-9,11H,10,17H2,1-3H3. The molecule has 3 heteroatoms. The highest BCUT2D eigenvalue weighted by Gasteiger charge is 2.07. The second-order valence-electron chi connectivity index (χ2n) is 4.95. The smallest absolute Gasteiger partial charge is 0.219 e. The van der Waals surface area contributed by atoms with E-state index in [2.05, 4.69) is 37.0 Å². The maximum Gasteiger partial charge on any atom is 0.219 e. The molecule has 0 fully saturated rings. The molecule has 2 N–H and O–H groups in total. The molecule has 0 aliphatic heterocycles. The van der Waals surface area contributed by atoms with Crippen molar-refractivity contribution in [3.05, 3.63) is 53.2 Å². The van der Waals surface area contributed by atoms with Crippen molar-refractivity contribution < 1.29 is 4.74 Å². The lowest BCUT2D eigenvalue weighted by atomic mass is 10.0. The molecular formula is C16H20N2O. The summed E-state index contributed by atoms with van der Waals surface area (Å²) in [4.78, 5) is 4.35. The van der Waals surface area contributed by atoms with Crippen molar-refractivity contribution in [3.8, 4) is 11.6 Å². The molecule has 0 amide bonds. The van der Waals surface area contributed by atoms with Gasteiger partial charge in [0.05, 0.1) is 5.69 Å². The fourth-order valence-electron chi connectivity index (χ4n) is 1.83. The third kappa shape index (κ3) is 3.32. The molecule has 2 rings (SSSR count). The molecule has 0 bridgehead atoms. The van der Waals surface area contributed by atoms with E-state index in [-0.39, 0.29) is 0 Å². The molecule has 0 unspecified atom stereocenters. The molecule has 0 atom stereocenters. The van der Waals surface area contributed by atoms with Gasteiger partial charge in [-0.3, -0.25) is 0 Å². The van der Waals surface area contributed by atoms with Crippen LogP contribution in [0.5, 0.6) is 11.6 Å². The fraction of sp³-hybridized carbons (Fsp3) is 0.312. The first-order chi connectivity index (χ1) is 9.10. The first kappa shape index (κ1) is 13.6. The van der Waals surface area contributed by atoms with Gasteiger partial charge in [-0.25, -0.2) is 4.98 Å². The van der Waals surface area contributed by atoms with E-state index in [0.29, 0.717) is 18.3 Å². The van der Waals surface area contributed by atoms with Crippen molar-refractivity contribution in [2.75, 3.05) is 0 Å². The van der Waals surface area contributed by atoms with E-state index in [9.17, 15) is 0 Å². The first-order valence-corrected chi connectivity index (χ1v) is 6.54. The van der Waals surface area contributed by atoms with Crippen LogP contribution in [0.2, 0.25) is 0 Å². The van der Waals surface area contributed by atoms with Crippen LogP contribution in [0.25, 0.3) is 0 Å². The van der Waals surface area contributed by atoms with Crippen LogP contribution in [0, 0.1) is 6.92 Å². The van der Waals surface area contributed by atoms with Gasteiger partial charge in [0.2, 0.25) is 5.88 Å². The van der Waals surface area contributed by atoms with E-state index in [1.165, 1.54) is 5.56 Å². The predicted molar refractivity (Wildman–Crippen MR) is 77.5 cm³/mol. The van der Waals surface area contributed by atoms with E-state index < -0.39 is 0 Å². The number of hydrogen-bond donors (Lipinski definition) is 1. The minimum absolute atomic E-state index is 0.419. The SMILES string of the molecule is Cc1ccc(C(C)C)cc1Oc1cccc(CN)n1. The van der Waals surface area contributed by atoms with Gasteiger partial charge in [0.1, 0.15) is 5.75 Å². The molecule has 1 aromatic carbocycles. The van der Waals surface area contributed by atoms with E-state index in [0.717, 1.165) is 17.0 Å². The zero-order chi connectivity index (χ0) is 13.8. The van der Waals surface area contributed by atoms with E-state index >= 15 is 0 Å². The average molecular weight is 256 g/mol. The monoisotopic (exact) mass is 256 g/mol. The van der Waals surface area contributed by atoms with E-state index in [4.69, 9.17) is 10.5 Å². The summed E-state index contributed by atoms with van der Waals surface area (Å²) in [6.07, 6.45) is 0. The van der Waals surface area contributed by atoms with Crippen molar-refractivity contribution in [2.45, 2.75) is 33.2 Å². The van der Waals surface area contributed by atoms with Crippen LogP contribution in [-0.4, -0.2) is 4.98 Å². The normalized spacial score (nSPS) is 10.8. The Bertz CT molecular complexity index is 564. The maximum absolute atomic E-state index is 5.88. The Hall–Kier alpha value is -1.87. The van der Waals surface area contributed by atoms with Crippen molar-refractivity contribution in [1.29, 1.82) is 0 Å². The summed E-state index contributed by atoms with van der Waals surface area (Å²) in [6.45, 7) is 6.79. The minimum atomic E-state index is 0.419. The molecule has 0 aliphatic carbocycles. The van der Waals surface area contributed by atoms with Gasteiger partial charge in [0.15, 0.2) is 0 Å². The van der Waals surface area contributed by atoms with Crippen LogP contribution in [0.4, 0.5) is 0 Å². The van der Waals surface area contributed by atoms with Gasteiger partial charge >= 0.3 is 0 Å². The molecule has 3 nitrogen and oxygen atoms in total. The van der Waals surface area contributed by atoms with Crippen LogP contribution in [0.3, 0.4) is 0 Å². The molecule has 1 heterocycles. The van der Waals surface area contributed by atoms with Gasteiger partial charge in [-0.15, -0.1) is 0 Å². The van der Waals surface area contributed by atoms with E-state index in [1.54, 1.807) is 0 Å². The third-order valence-electron chi connectivity index (χ3n) is 3.08. The Labute approximate surface area is 114 Å². The van der Waals surface area contributed by atoms with Crippen LogP contribution < -0.4 is 10.5 Å². The van der Waals surface area contributed by atoms with Gasteiger partial charge in [-0.1, -0.05) is 32.0 Å². The summed E-state index contributed by atoms with van der Waals surface area (Å²) in [5, 5.41) is 0. The van der Waals surface area contributed by atoms with Gasteiger partial charge in [0, 0.05) is 12.6 Å². The molecule has 100 valence electrons. The van der Waals surface area contributed by atoms with Gasteiger partial charge in [0.25, 0.3) is 0 Å². The van der Waals surface area contributed by atoms with Gasteiger partial charge < -0.3 is 10.5 Å². The van der Waals surface area contributed by atoms with Crippen LogP contribution in [0.1, 0.15) is 36.6 Å². The van der Waals surface area contributed by atoms with E-state index in [1.807, 2.05) is 25.1 Å². The number of nitrogens with two attached hydrogens (primary N) is 1. The second-order valence-corrected chi connectivity index (χ2v) is 4.95. The fourth-order valence-corrected chi connectivity index (χ4v) is 1.83. The lowest BCUT2D eigenvalue weighted by Gasteiger charge is -2.12. The average Bonchev–Trinajstić information content (AvgIpc) is 2.41. The number of rotatable bonds is 4. The summed E-state index contributed by atoms with van der Waals surface area (Å²) >= 11 is 0. The zero-order valence-electron chi connectivity index (χ0n) is 11.7. The molecule has 2 aromatic rings. The van der Waals surface area contributed by atoms with Crippen molar-refractivity contribution in [3.63, 3.8) is 0 Å². The summed E-state index contributed by atoms with van der Waals surface area (Å²) in [6, 6.07) is 11.9. The summed E-state index contributed by atoms with van der Waals surface area (Å²) in [5.74, 6) is 1.92. The summed E-state index contributed by atoms with van der Waals surface area (Å²) < 4.78 is 5.88. The molecule has 0 spiro atoms. The van der Waals surface area contributed by atoms with Crippen molar-refractivity contribution in [2.24, 2.45) is 5.73 Å². The first-order valence-electron chi connectivity index (χ1n) is 6.54. The Morgan fingerprint density at radius 3 is 2.68 bits per heavy atom. The quantitative estimate of drug-likeness (QED) is 0.906. The van der Waals surface area contributed by atoms with Crippen molar-refractivity contribution in [1.82, 2.24) is 4.98 Å². The highest BCUT2D eigenvalue weighted by molar-refractivity contribution is 5.39. The maximum atomic E-state index is 5.88. The number of aromatic nitrogens is 1. The summed E-state index contributed by atoms with van der Waals surface area (Å²) in [7, 11) is 0. The topological polar surface area (TPSA) is 48.1 Å². The van der Waals surface area contributed by atoms with Gasteiger partial charge in [-0.2, -0.15) is 0 Å².